The number of halogens is 1. The SMILES string of the molecule is O=C1CCC(n2c(CCl)nc3ccccc3c2=O)CN1. The van der Waals surface area contributed by atoms with E-state index >= 15 is 0 Å². The van der Waals surface area contributed by atoms with Gasteiger partial charge in [0.05, 0.1) is 22.8 Å². The van der Waals surface area contributed by atoms with Crippen molar-refractivity contribution in [1.29, 1.82) is 0 Å². The fraction of sp³-hybridized carbons (Fsp3) is 0.357. The topological polar surface area (TPSA) is 64.0 Å². The van der Waals surface area contributed by atoms with Crippen molar-refractivity contribution in [2.75, 3.05) is 6.54 Å². The zero-order chi connectivity index (χ0) is 14.1. The molecule has 0 spiro atoms. The van der Waals surface area contributed by atoms with Gasteiger partial charge in [0.15, 0.2) is 0 Å². The molecule has 0 aliphatic carbocycles. The zero-order valence-electron chi connectivity index (χ0n) is 10.8. The third-order valence-electron chi connectivity index (χ3n) is 3.60. The number of hydrogen-bond donors (Lipinski definition) is 1. The van der Waals surface area contributed by atoms with Gasteiger partial charge in [-0.25, -0.2) is 4.98 Å². The van der Waals surface area contributed by atoms with Crippen molar-refractivity contribution in [2.24, 2.45) is 0 Å². The van der Waals surface area contributed by atoms with Crippen molar-refractivity contribution < 1.29 is 4.79 Å². The first-order chi connectivity index (χ1) is 9.70. The normalized spacial score (nSPS) is 19.1. The molecule has 1 aromatic heterocycles. The number of carbonyl (C=O) groups is 1. The van der Waals surface area contributed by atoms with Crippen LogP contribution in [0.2, 0.25) is 0 Å². The minimum Gasteiger partial charge on any atom is -0.354 e. The second-order valence-electron chi connectivity index (χ2n) is 4.85. The Balaban J connectivity index is 2.16. The highest BCUT2D eigenvalue weighted by molar-refractivity contribution is 6.16. The number of aromatic nitrogens is 2. The van der Waals surface area contributed by atoms with Crippen molar-refractivity contribution in [3.8, 4) is 0 Å². The highest BCUT2D eigenvalue weighted by Crippen LogP contribution is 2.19. The van der Waals surface area contributed by atoms with Crippen LogP contribution in [0.25, 0.3) is 10.9 Å². The smallest absolute Gasteiger partial charge is 0.261 e. The molecule has 1 amide bonds. The van der Waals surface area contributed by atoms with E-state index in [1.807, 2.05) is 12.1 Å². The van der Waals surface area contributed by atoms with E-state index in [1.54, 1.807) is 16.7 Å². The lowest BCUT2D eigenvalue weighted by Crippen LogP contribution is -2.41. The number of hydrogen-bond acceptors (Lipinski definition) is 3. The first-order valence-corrected chi connectivity index (χ1v) is 7.07. The standard InChI is InChI=1S/C14H14ClN3O2/c15-7-12-17-11-4-2-1-3-10(11)14(20)18(12)9-5-6-13(19)16-8-9/h1-4,9H,5-8H2,(H,16,19). The zero-order valence-corrected chi connectivity index (χ0v) is 11.6. The summed E-state index contributed by atoms with van der Waals surface area (Å²) in [4.78, 5) is 28.4. The molecular formula is C14H14ClN3O2. The first-order valence-electron chi connectivity index (χ1n) is 6.53. The van der Waals surface area contributed by atoms with Gasteiger partial charge in [-0.3, -0.25) is 14.2 Å². The Morgan fingerprint density at radius 3 is 2.85 bits per heavy atom. The highest BCUT2D eigenvalue weighted by Gasteiger charge is 2.23. The summed E-state index contributed by atoms with van der Waals surface area (Å²) in [5.74, 6) is 0.747. The quantitative estimate of drug-likeness (QED) is 0.855. The van der Waals surface area contributed by atoms with E-state index < -0.39 is 0 Å². The van der Waals surface area contributed by atoms with Crippen molar-refractivity contribution in [3.63, 3.8) is 0 Å². The predicted molar refractivity (Wildman–Crippen MR) is 76.8 cm³/mol. The molecule has 0 bridgehead atoms. The van der Waals surface area contributed by atoms with Gasteiger partial charge >= 0.3 is 0 Å². The molecule has 0 saturated carbocycles. The molecule has 20 heavy (non-hydrogen) atoms. The average Bonchev–Trinajstić information content (AvgIpc) is 2.48. The van der Waals surface area contributed by atoms with Gasteiger partial charge in [0.2, 0.25) is 5.91 Å². The van der Waals surface area contributed by atoms with Crippen LogP contribution in [0, 0.1) is 0 Å². The largest absolute Gasteiger partial charge is 0.354 e. The van der Waals surface area contributed by atoms with Gasteiger partial charge in [0, 0.05) is 13.0 Å². The van der Waals surface area contributed by atoms with E-state index in [9.17, 15) is 9.59 Å². The lowest BCUT2D eigenvalue weighted by atomic mass is 10.1. The molecule has 1 atom stereocenters. The van der Waals surface area contributed by atoms with Crippen LogP contribution in [-0.4, -0.2) is 22.0 Å². The van der Waals surface area contributed by atoms with Gasteiger partial charge in [-0.1, -0.05) is 12.1 Å². The Labute approximate surface area is 120 Å². The van der Waals surface area contributed by atoms with E-state index in [-0.39, 0.29) is 23.4 Å². The van der Waals surface area contributed by atoms with Gasteiger partial charge in [-0.2, -0.15) is 0 Å². The lowest BCUT2D eigenvalue weighted by molar-refractivity contribution is -0.122. The monoisotopic (exact) mass is 291 g/mol. The molecular weight excluding hydrogens is 278 g/mol. The van der Waals surface area contributed by atoms with Crippen LogP contribution in [0.5, 0.6) is 0 Å². The number of fused-ring (bicyclic) bond motifs is 1. The Bertz CT molecular complexity index is 716. The Morgan fingerprint density at radius 1 is 1.35 bits per heavy atom. The van der Waals surface area contributed by atoms with Gasteiger partial charge < -0.3 is 5.32 Å². The average molecular weight is 292 g/mol. The third kappa shape index (κ3) is 2.18. The number of alkyl halides is 1. The Kier molecular flexibility index (Phi) is 3.44. The summed E-state index contributed by atoms with van der Waals surface area (Å²) in [5, 5.41) is 3.37. The maximum Gasteiger partial charge on any atom is 0.261 e. The molecule has 2 aromatic rings. The van der Waals surface area contributed by atoms with Gasteiger partial charge in [-0.15, -0.1) is 11.6 Å². The second kappa shape index (κ2) is 5.25. The molecule has 1 aliphatic rings. The van der Waals surface area contributed by atoms with Crippen molar-refractivity contribution >= 4 is 28.4 Å². The molecule has 1 aliphatic heterocycles. The minimum atomic E-state index is -0.0904. The van der Waals surface area contributed by atoms with Crippen LogP contribution >= 0.6 is 11.6 Å². The summed E-state index contributed by atoms with van der Waals surface area (Å²) in [6, 6.07) is 7.16. The molecule has 5 nitrogen and oxygen atoms in total. The van der Waals surface area contributed by atoms with Crippen molar-refractivity contribution in [3.05, 3.63) is 40.4 Å². The molecule has 1 aromatic carbocycles. The van der Waals surface area contributed by atoms with Crippen molar-refractivity contribution in [1.82, 2.24) is 14.9 Å². The molecule has 1 unspecified atom stereocenters. The van der Waals surface area contributed by atoms with Gasteiger partial charge in [0.25, 0.3) is 5.56 Å². The first kappa shape index (κ1) is 13.1. The summed E-state index contributed by atoms with van der Waals surface area (Å²) in [6.07, 6.45) is 1.06. The second-order valence-corrected chi connectivity index (χ2v) is 5.12. The number of rotatable bonds is 2. The molecule has 1 N–H and O–H groups in total. The molecule has 0 radical (unpaired) electrons. The van der Waals surface area contributed by atoms with Crippen LogP contribution < -0.4 is 10.9 Å². The molecule has 3 rings (SSSR count). The maximum atomic E-state index is 12.6. The van der Waals surface area contributed by atoms with E-state index in [1.165, 1.54) is 0 Å². The lowest BCUT2D eigenvalue weighted by Gasteiger charge is -2.26. The van der Waals surface area contributed by atoms with Gasteiger partial charge in [0.1, 0.15) is 5.82 Å². The number of amides is 1. The summed E-state index contributed by atoms with van der Waals surface area (Å²) >= 11 is 5.94. The number of para-hydroxylation sites is 1. The number of piperidine rings is 1. The van der Waals surface area contributed by atoms with E-state index in [0.29, 0.717) is 36.1 Å². The minimum absolute atomic E-state index is 0.0236. The van der Waals surface area contributed by atoms with Crippen LogP contribution in [0.3, 0.4) is 0 Å². The number of carbonyl (C=O) groups excluding carboxylic acids is 1. The summed E-state index contributed by atoms with van der Waals surface area (Å²) in [6.45, 7) is 0.447. The number of nitrogens with zero attached hydrogens (tertiary/aromatic N) is 2. The van der Waals surface area contributed by atoms with Crippen LogP contribution in [0.4, 0.5) is 0 Å². The Morgan fingerprint density at radius 2 is 2.15 bits per heavy atom. The maximum absolute atomic E-state index is 12.6. The summed E-state index contributed by atoms with van der Waals surface area (Å²) in [7, 11) is 0. The fourth-order valence-corrected chi connectivity index (χ4v) is 2.79. The third-order valence-corrected chi connectivity index (χ3v) is 3.84. The summed E-state index contributed by atoms with van der Waals surface area (Å²) in [5.41, 5.74) is 0.566. The summed E-state index contributed by atoms with van der Waals surface area (Å²) < 4.78 is 1.63. The van der Waals surface area contributed by atoms with E-state index in [0.717, 1.165) is 0 Å². The van der Waals surface area contributed by atoms with E-state index in [4.69, 9.17) is 11.6 Å². The molecule has 2 heterocycles. The Hall–Kier alpha value is -1.88. The van der Waals surface area contributed by atoms with Crippen molar-refractivity contribution in [2.45, 2.75) is 24.8 Å². The molecule has 1 fully saturated rings. The fourth-order valence-electron chi connectivity index (χ4n) is 2.60. The van der Waals surface area contributed by atoms with Crippen LogP contribution in [0.1, 0.15) is 24.7 Å². The molecule has 6 heteroatoms. The van der Waals surface area contributed by atoms with Crippen LogP contribution in [0.15, 0.2) is 29.1 Å². The number of nitrogens with one attached hydrogen (secondary N) is 1. The van der Waals surface area contributed by atoms with Gasteiger partial charge in [-0.05, 0) is 18.6 Å². The predicted octanol–water partition coefficient (Wildman–Crippen LogP) is 1.59. The molecule has 104 valence electrons. The number of benzene rings is 1. The van der Waals surface area contributed by atoms with Crippen LogP contribution in [-0.2, 0) is 10.7 Å². The van der Waals surface area contributed by atoms with E-state index in [2.05, 4.69) is 10.3 Å². The highest BCUT2D eigenvalue weighted by atomic mass is 35.5. The molecule has 1 saturated heterocycles.